The highest BCUT2D eigenvalue weighted by Gasteiger charge is 2.31. The van der Waals surface area contributed by atoms with Crippen LogP contribution in [0.3, 0.4) is 0 Å². The second-order valence-corrected chi connectivity index (χ2v) is 7.65. The van der Waals surface area contributed by atoms with Crippen LogP contribution in [-0.2, 0) is 12.8 Å². The molecule has 0 aromatic heterocycles. The number of benzene rings is 3. The van der Waals surface area contributed by atoms with Gasteiger partial charge in [-0.25, -0.2) is 4.39 Å². The summed E-state index contributed by atoms with van der Waals surface area (Å²) in [5.41, 5.74) is 5.89. The molecule has 0 amide bonds. The van der Waals surface area contributed by atoms with Crippen LogP contribution in [0.15, 0.2) is 54.6 Å². The first-order valence-electron chi connectivity index (χ1n) is 10.2. The van der Waals surface area contributed by atoms with E-state index in [0.29, 0.717) is 23.1 Å². The van der Waals surface area contributed by atoms with Gasteiger partial charge in [-0.15, -0.1) is 13.2 Å². The molecule has 1 aliphatic carbocycles. The molecule has 156 valence electrons. The first kappa shape index (κ1) is 20.5. The van der Waals surface area contributed by atoms with Gasteiger partial charge in [0.25, 0.3) is 0 Å². The lowest BCUT2D eigenvalue weighted by atomic mass is 9.98. The van der Waals surface area contributed by atoms with E-state index in [2.05, 4.69) is 29.9 Å². The maximum atomic E-state index is 15.3. The van der Waals surface area contributed by atoms with Crippen molar-refractivity contribution in [3.8, 4) is 28.0 Å². The van der Waals surface area contributed by atoms with Gasteiger partial charge in [-0.05, 0) is 52.8 Å². The molecule has 0 atom stereocenters. The number of halogens is 4. The summed E-state index contributed by atoms with van der Waals surface area (Å²) in [4.78, 5) is 0. The van der Waals surface area contributed by atoms with Crippen LogP contribution in [0.25, 0.3) is 22.3 Å². The molecule has 0 aliphatic heterocycles. The summed E-state index contributed by atoms with van der Waals surface area (Å²) in [6.07, 6.45) is 0.324. The zero-order valence-corrected chi connectivity index (χ0v) is 16.7. The van der Waals surface area contributed by atoms with E-state index in [1.165, 1.54) is 42.7 Å². The minimum Gasteiger partial charge on any atom is -0.406 e. The highest BCUT2D eigenvalue weighted by atomic mass is 19.4. The van der Waals surface area contributed by atoms with E-state index >= 15 is 4.39 Å². The fraction of sp³-hybridized carbons (Fsp3) is 0.280. The van der Waals surface area contributed by atoms with Crippen molar-refractivity contribution >= 4 is 0 Å². The summed E-state index contributed by atoms with van der Waals surface area (Å²) >= 11 is 0. The minimum atomic E-state index is -4.75. The third kappa shape index (κ3) is 4.20. The summed E-state index contributed by atoms with van der Waals surface area (Å²) in [7, 11) is 0. The summed E-state index contributed by atoms with van der Waals surface area (Å²) in [5, 5.41) is 0. The molecule has 3 aromatic carbocycles. The van der Waals surface area contributed by atoms with Crippen LogP contribution in [0.5, 0.6) is 5.75 Å². The molecular weight excluding hydrogens is 392 g/mol. The lowest BCUT2D eigenvalue weighted by Crippen LogP contribution is -2.16. The molecule has 0 radical (unpaired) electrons. The second kappa shape index (κ2) is 8.13. The Hall–Kier alpha value is -2.82. The van der Waals surface area contributed by atoms with E-state index in [4.69, 9.17) is 0 Å². The Morgan fingerprint density at radius 2 is 1.57 bits per heavy atom. The largest absolute Gasteiger partial charge is 0.573 e. The first-order valence-corrected chi connectivity index (χ1v) is 10.2. The zero-order valence-electron chi connectivity index (χ0n) is 16.7. The van der Waals surface area contributed by atoms with Crippen LogP contribution >= 0.6 is 0 Å². The van der Waals surface area contributed by atoms with E-state index < -0.39 is 6.36 Å². The first-order chi connectivity index (χ1) is 14.4. The van der Waals surface area contributed by atoms with Crippen molar-refractivity contribution in [2.24, 2.45) is 0 Å². The van der Waals surface area contributed by atoms with Gasteiger partial charge in [-0.3, -0.25) is 0 Å². The monoisotopic (exact) mass is 414 g/mol. The summed E-state index contributed by atoms with van der Waals surface area (Å²) in [6.45, 7) is 2.18. The number of aryl methyl sites for hydroxylation is 1. The molecule has 5 heteroatoms. The van der Waals surface area contributed by atoms with E-state index in [1.54, 1.807) is 6.07 Å². The molecule has 4 rings (SSSR count). The molecule has 0 heterocycles. The molecule has 30 heavy (non-hydrogen) atoms. The van der Waals surface area contributed by atoms with Crippen molar-refractivity contribution in [2.45, 2.75) is 45.4 Å². The zero-order chi connectivity index (χ0) is 21.3. The third-order valence-electron chi connectivity index (χ3n) is 5.54. The Bertz CT molecular complexity index is 1050. The summed E-state index contributed by atoms with van der Waals surface area (Å²) < 4.78 is 56.3. The number of rotatable bonds is 6. The van der Waals surface area contributed by atoms with E-state index in [1.807, 2.05) is 6.07 Å². The lowest BCUT2D eigenvalue weighted by molar-refractivity contribution is -0.274. The Labute approximate surface area is 173 Å². The van der Waals surface area contributed by atoms with Crippen molar-refractivity contribution in [3.63, 3.8) is 0 Å². The van der Waals surface area contributed by atoms with Gasteiger partial charge < -0.3 is 4.74 Å². The van der Waals surface area contributed by atoms with Gasteiger partial charge in [0, 0.05) is 17.5 Å². The van der Waals surface area contributed by atoms with Crippen LogP contribution in [0.2, 0.25) is 0 Å². The van der Waals surface area contributed by atoms with Crippen LogP contribution in [0, 0.1) is 5.82 Å². The summed E-state index contributed by atoms with van der Waals surface area (Å²) in [5.74, 6) is -0.642. The smallest absolute Gasteiger partial charge is 0.406 e. The van der Waals surface area contributed by atoms with E-state index in [-0.39, 0.29) is 11.6 Å². The van der Waals surface area contributed by atoms with Crippen molar-refractivity contribution in [3.05, 3.63) is 77.1 Å². The Balaban J connectivity index is 1.59. The van der Waals surface area contributed by atoms with Gasteiger partial charge in [0.05, 0.1) is 0 Å². The fourth-order valence-corrected chi connectivity index (χ4v) is 4.09. The van der Waals surface area contributed by atoms with Gasteiger partial charge in [0.15, 0.2) is 0 Å². The van der Waals surface area contributed by atoms with E-state index in [0.717, 1.165) is 29.5 Å². The van der Waals surface area contributed by atoms with Crippen LogP contribution in [-0.4, -0.2) is 6.36 Å². The molecule has 1 nitrogen and oxygen atoms in total. The number of alkyl halides is 3. The van der Waals surface area contributed by atoms with Crippen LogP contribution in [0.1, 0.15) is 42.9 Å². The Kier molecular flexibility index (Phi) is 5.54. The van der Waals surface area contributed by atoms with Gasteiger partial charge in [0.2, 0.25) is 0 Å². The third-order valence-corrected chi connectivity index (χ3v) is 5.54. The maximum Gasteiger partial charge on any atom is 0.573 e. The minimum absolute atomic E-state index is 0.319. The quantitative estimate of drug-likeness (QED) is 0.232. The predicted octanol–water partition coefficient (Wildman–Crippen LogP) is 7.70. The van der Waals surface area contributed by atoms with Gasteiger partial charge in [-0.2, -0.15) is 0 Å². The van der Waals surface area contributed by atoms with Crippen LogP contribution in [0.4, 0.5) is 17.6 Å². The average molecular weight is 414 g/mol. The topological polar surface area (TPSA) is 9.23 Å². The van der Waals surface area contributed by atoms with Crippen molar-refractivity contribution in [2.75, 3.05) is 0 Å². The Morgan fingerprint density at radius 3 is 2.27 bits per heavy atom. The maximum absolute atomic E-state index is 15.3. The lowest BCUT2D eigenvalue weighted by Gasteiger charge is -2.11. The molecule has 0 saturated heterocycles. The normalized spacial score (nSPS) is 12.6. The molecule has 0 bridgehead atoms. The van der Waals surface area contributed by atoms with Gasteiger partial charge in [0.1, 0.15) is 11.6 Å². The van der Waals surface area contributed by atoms with Crippen molar-refractivity contribution in [1.82, 2.24) is 0 Å². The molecule has 0 fully saturated rings. The molecule has 3 aromatic rings. The highest BCUT2D eigenvalue weighted by molar-refractivity contribution is 5.81. The molecule has 0 N–H and O–H groups in total. The standard InChI is InChI=1S/C25H22F4O/c1-2-3-4-5-16-6-11-20-18(14-16)15-23-22(20)13-12-21(24(23)26)17-7-9-19(10-8-17)30-25(27,28)29/h6-14H,2-5,15H2,1H3. The number of fused-ring (bicyclic) bond motifs is 3. The van der Waals surface area contributed by atoms with Crippen molar-refractivity contribution in [1.29, 1.82) is 0 Å². The van der Waals surface area contributed by atoms with E-state index in [9.17, 15) is 13.2 Å². The molecule has 1 aliphatic rings. The molecule has 0 spiro atoms. The SMILES string of the molecule is CCCCCc1ccc2c(c1)Cc1c-2ccc(-c2ccc(OC(F)(F)F)cc2)c1F. The van der Waals surface area contributed by atoms with Gasteiger partial charge >= 0.3 is 6.36 Å². The predicted molar refractivity (Wildman–Crippen MR) is 110 cm³/mol. The van der Waals surface area contributed by atoms with Crippen LogP contribution < -0.4 is 4.74 Å². The average Bonchev–Trinajstić information content (AvgIpc) is 3.07. The number of unbranched alkanes of at least 4 members (excludes halogenated alkanes) is 2. The number of ether oxygens (including phenoxy) is 1. The highest BCUT2D eigenvalue weighted by Crippen LogP contribution is 2.41. The van der Waals surface area contributed by atoms with Crippen molar-refractivity contribution < 1.29 is 22.3 Å². The fourth-order valence-electron chi connectivity index (χ4n) is 4.09. The number of hydrogen-bond donors (Lipinski definition) is 0. The molecular formula is C25H22F4O. The molecule has 0 saturated carbocycles. The number of hydrogen-bond acceptors (Lipinski definition) is 1. The van der Waals surface area contributed by atoms with Gasteiger partial charge in [-0.1, -0.05) is 62.2 Å². The Morgan fingerprint density at radius 1 is 0.867 bits per heavy atom. The second-order valence-electron chi connectivity index (χ2n) is 7.65. The molecule has 0 unspecified atom stereocenters. The summed E-state index contributed by atoms with van der Waals surface area (Å²) in [6, 6.07) is 15.3.